The summed E-state index contributed by atoms with van der Waals surface area (Å²) in [4.78, 5) is 17.0. The first kappa shape index (κ1) is 16.8. The number of hydrogen-bond acceptors (Lipinski definition) is 5. The van der Waals surface area contributed by atoms with Crippen LogP contribution >= 0.6 is 0 Å². The van der Waals surface area contributed by atoms with Crippen molar-refractivity contribution >= 4 is 11.6 Å². The van der Waals surface area contributed by atoms with Crippen molar-refractivity contribution in [2.45, 2.75) is 25.7 Å². The number of hydrogen-bond donors (Lipinski definition) is 0. The summed E-state index contributed by atoms with van der Waals surface area (Å²) in [6, 6.07) is 9.96. The van der Waals surface area contributed by atoms with E-state index in [1.54, 1.807) is 7.11 Å². The van der Waals surface area contributed by atoms with E-state index < -0.39 is 0 Å². The first-order valence-electron chi connectivity index (χ1n) is 9.29. The lowest BCUT2D eigenvalue weighted by Gasteiger charge is -2.36. The van der Waals surface area contributed by atoms with Gasteiger partial charge in [-0.25, -0.2) is 0 Å². The highest BCUT2D eigenvalue weighted by molar-refractivity contribution is 5.92. The summed E-state index contributed by atoms with van der Waals surface area (Å²) in [5.41, 5.74) is 3.82. The third-order valence-electron chi connectivity index (χ3n) is 5.28. The SMILES string of the molecule is COc1ccccc1N1CCN(C(=O)c2cc3c(nn2)CCCC3)CC1. The van der Waals surface area contributed by atoms with Gasteiger partial charge >= 0.3 is 0 Å². The number of rotatable bonds is 3. The maximum absolute atomic E-state index is 12.8. The minimum Gasteiger partial charge on any atom is -0.495 e. The Bertz CT molecular complexity index is 800. The molecule has 0 saturated carbocycles. The second-order valence-electron chi connectivity index (χ2n) is 6.86. The molecule has 6 heteroatoms. The van der Waals surface area contributed by atoms with Crippen molar-refractivity contribution in [3.05, 3.63) is 47.3 Å². The lowest BCUT2D eigenvalue weighted by molar-refractivity contribution is 0.0739. The molecule has 2 aromatic rings. The van der Waals surface area contributed by atoms with E-state index in [9.17, 15) is 4.79 Å². The van der Waals surface area contributed by atoms with E-state index in [1.807, 2.05) is 29.2 Å². The molecule has 1 saturated heterocycles. The normalized spacial score (nSPS) is 17.0. The molecule has 0 unspecified atom stereocenters. The van der Waals surface area contributed by atoms with Gasteiger partial charge in [-0.2, -0.15) is 5.10 Å². The van der Waals surface area contributed by atoms with E-state index in [1.165, 1.54) is 18.4 Å². The molecule has 1 aliphatic heterocycles. The van der Waals surface area contributed by atoms with Gasteiger partial charge in [0.05, 0.1) is 18.5 Å². The molecule has 2 heterocycles. The Morgan fingerprint density at radius 1 is 1.04 bits per heavy atom. The number of piperazine rings is 1. The fourth-order valence-corrected chi connectivity index (χ4v) is 3.80. The highest BCUT2D eigenvalue weighted by Crippen LogP contribution is 2.28. The van der Waals surface area contributed by atoms with E-state index in [0.717, 1.165) is 43.1 Å². The third kappa shape index (κ3) is 3.23. The number of methoxy groups -OCH3 is 1. The number of nitrogens with zero attached hydrogens (tertiary/aromatic N) is 4. The molecule has 0 bridgehead atoms. The van der Waals surface area contributed by atoms with Gasteiger partial charge in [0.2, 0.25) is 0 Å². The summed E-state index contributed by atoms with van der Waals surface area (Å²) in [7, 11) is 1.69. The summed E-state index contributed by atoms with van der Waals surface area (Å²) < 4.78 is 5.45. The number of para-hydroxylation sites is 2. The molecule has 136 valence electrons. The Balaban J connectivity index is 1.44. The topological polar surface area (TPSA) is 58.6 Å². The number of amides is 1. The summed E-state index contributed by atoms with van der Waals surface area (Å²) in [5, 5.41) is 8.49. The van der Waals surface area contributed by atoms with Gasteiger partial charge in [-0.05, 0) is 49.4 Å². The second-order valence-corrected chi connectivity index (χ2v) is 6.86. The molecule has 1 amide bonds. The molecular weight excluding hydrogens is 328 g/mol. The van der Waals surface area contributed by atoms with Gasteiger partial charge in [0.1, 0.15) is 5.75 Å². The summed E-state index contributed by atoms with van der Waals surface area (Å²) >= 11 is 0. The van der Waals surface area contributed by atoms with Gasteiger partial charge in [-0.3, -0.25) is 4.79 Å². The number of aryl methyl sites for hydroxylation is 2. The van der Waals surface area contributed by atoms with Crippen molar-refractivity contribution in [1.82, 2.24) is 15.1 Å². The number of carbonyl (C=O) groups excluding carboxylic acids is 1. The van der Waals surface area contributed by atoms with E-state index in [2.05, 4.69) is 21.2 Å². The fraction of sp³-hybridized carbons (Fsp3) is 0.450. The minimum absolute atomic E-state index is 0.00875. The largest absolute Gasteiger partial charge is 0.495 e. The number of fused-ring (bicyclic) bond motifs is 1. The molecule has 0 atom stereocenters. The van der Waals surface area contributed by atoms with Gasteiger partial charge in [0.15, 0.2) is 5.69 Å². The van der Waals surface area contributed by atoms with Crippen LogP contribution in [0.25, 0.3) is 0 Å². The lowest BCUT2D eigenvalue weighted by atomic mass is 9.96. The molecule has 1 aliphatic carbocycles. The standard InChI is InChI=1S/C20H24N4O2/c1-26-19-9-5-4-8-18(19)23-10-12-24(13-11-23)20(25)17-14-15-6-2-3-7-16(15)21-22-17/h4-5,8-9,14H,2-3,6-7,10-13H2,1H3. The molecule has 6 nitrogen and oxygen atoms in total. The van der Waals surface area contributed by atoms with Crippen molar-refractivity contribution in [2.24, 2.45) is 0 Å². The molecule has 1 fully saturated rings. The van der Waals surface area contributed by atoms with Gasteiger partial charge in [-0.1, -0.05) is 12.1 Å². The maximum Gasteiger partial charge on any atom is 0.274 e. The average Bonchev–Trinajstić information content (AvgIpc) is 2.73. The summed E-state index contributed by atoms with van der Waals surface area (Å²) in [5.74, 6) is 0.860. The highest BCUT2D eigenvalue weighted by Gasteiger charge is 2.25. The zero-order valence-electron chi connectivity index (χ0n) is 15.1. The van der Waals surface area contributed by atoms with Crippen molar-refractivity contribution in [2.75, 3.05) is 38.2 Å². The van der Waals surface area contributed by atoms with Crippen molar-refractivity contribution < 1.29 is 9.53 Å². The molecule has 0 radical (unpaired) electrons. The van der Waals surface area contributed by atoms with Crippen LogP contribution < -0.4 is 9.64 Å². The Morgan fingerprint density at radius 3 is 2.62 bits per heavy atom. The Labute approximate surface area is 153 Å². The van der Waals surface area contributed by atoms with Crippen LogP contribution in [0, 0.1) is 0 Å². The molecule has 1 aromatic carbocycles. The van der Waals surface area contributed by atoms with Gasteiger partial charge in [0, 0.05) is 26.2 Å². The highest BCUT2D eigenvalue weighted by atomic mass is 16.5. The molecule has 0 N–H and O–H groups in total. The van der Waals surface area contributed by atoms with Crippen molar-refractivity contribution in [1.29, 1.82) is 0 Å². The van der Waals surface area contributed by atoms with Crippen LogP contribution in [0.4, 0.5) is 5.69 Å². The van der Waals surface area contributed by atoms with Crippen LogP contribution in [-0.2, 0) is 12.8 Å². The predicted molar refractivity (Wildman–Crippen MR) is 99.8 cm³/mol. The Morgan fingerprint density at radius 2 is 1.81 bits per heavy atom. The lowest BCUT2D eigenvalue weighted by Crippen LogP contribution is -2.49. The fourth-order valence-electron chi connectivity index (χ4n) is 3.80. The van der Waals surface area contributed by atoms with E-state index in [-0.39, 0.29) is 5.91 Å². The van der Waals surface area contributed by atoms with E-state index in [4.69, 9.17) is 4.74 Å². The third-order valence-corrected chi connectivity index (χ3v) is 5.28. The van der Waals surface area contributed by atoms with E-state index >= 15 is 0 Å². The number of carbonyl (C=O) groups is 1. The first-order valence-corrected chi connectivity index (χ1v) is 9.29. The number of anilines is 1. The summed E-state index contributed by atoms with van der Waals surface area (Å²) in [6.45, 7) is 2.92. The van der Waals surface area contributed by atoms with Crippen LogP contribution in [0.2, 0.25) is 0 Å². The zero-order chi connectivity index (χ0) is 17.9. The average molecular weight is 352 g/mol. The number of ether oxygens (including phenoxy) is 1. The minimum atomic E-state index is -0.00875. The smallest absolute Gasteiger partial charge is 0.274 e. The number of benzene rings is 1. The molecule has 1 aromatic heterocycles. The number of aromatic nitrogens is 2. The van der Waals surface area contributed by atoms with Crippen LogP contribution in [0.5, 0.6) is 5.75 Å². The molecular formula is C20H24N4O2. The summed E-state index contributed by atoms with van der Waals surface area (Å²) in [6.07, 6.45) is 4.32. The van der Waals surface area contributed by atoms with Gasteiger partial charge < -0.3 is 14.5 Å². The molecule has 0 spiro atoms. The quantitative estimate of drug-likeness (QED) is 0.848. The van der Waals surface area contributed by atoms with Crippen LogP contribution in [0.15, 0.2) is 30.3 Å². The first-order chi connectivity index (χ1) is 12.8. The Hall–Kier alpha value is -2.63. The Kier molecular flexibility index (Phi) is 4.73. The van der Waals surface area contributed by atoms with Crippen LogP contribution in [0.1, 0.15) is 34.6 Å². The monoisotopic (exact) mass is 352 g/mol. The zero-order valence-corrected chi connectivity index (χ0v) is 15.1. The van der Waals surface area contributed by atoms with Crippen molar-refractivity contribution in [3.63, 3.8) is 0 Å². The molecule has 4 rings (SSSR count). The molecule has 26 heavy (non-hydrogen) atoms. The van der Waals surface area contributed by atoms with E-state index in [0.29, 0.717) is 18.8 Å². The van der Waals surface area contributed by atoms with Gasteiger partial charge in [0.25, 0.3) is 5.91 Å². The predicted octanol–water partition coefficient (Wildman–Crippen LogP) is 2.33. The van der Waals surface area contributed by atoms with Crippen molar-refractivity contribution in [3.8, 4) is 5.75 Å². The van der Waals surface area contributed by atoms with Crippen LogP contribution in [0.3, 0.4) is 0 Å². The second kappa shape index (κ2) is 7.32. The van der Waals surface area contributed by atoms with Gasteiger partial charge in [-0.15, -0.1) is 5.10 Å². The van der Waals surface area contributed by atoms with Crippen LogP contribution in [-0.4, -0.2) is 54.3 Å². The molecule has 2 aliphatic rings. The maximum atomic E-state index is 12.8.